The molecule has 1 aromatic heterocycles. The van der Waals surface area contributed by atoms with E-state index < -0.39 is 6.10 Å². The zero-order chi connectivity index (χ0) is 13.7. The van der Waals surface area contributed by atoms with Crippen molar-refractivity contribution in [2.45, 2.75) is 26.9 Å². The number of aliphatic hydroxyl groups excluding tert-OH is 1. The van der Waals surface area contributed by atoms with E-state index in [0.717, 1.165) is 0 Å². The number of thiophene rings is 1. The summed E-state index contributed by atoms with van der Waals surface area (Å²) in [5, 5.41) is 15.5. The zero-order valence-electron chi connectivity index (χ0n) is 10.7. The topological polar surface area (TPSA) is 78.4 Å². The molecular formula is C12H18N2O3S. The Balaban J connectivity index is 2.51. The SMILES string of the molecule is CC(=O)Nc1ccc(C(=O)NCC(O)C(C)C)s1. The van der Waals surface area contributed by atoms with Gasteiger partial charge in [-0.3, -0.25) is 9.59 Å². The summed E-state index contributed by atoms with van der Waals surface area (Å²) < 4.78 is 0. The maximum absolute atomic E-state index is 11.7. The number of hydrogen-bond donors (Lipinski definition) is 3. The van der Waals surface area contributed by atoms with Crippen LogP contribution in [0.4, 0.5) is 5.00 Å². The smallest absolute Gasteiger partial charge is 0.261 e. The van der Waals surface area contributed by atoms with Crippen LogP contribution in [0.5, 0.6) is 0 Å². The van der Waals surface area contributed by atoms with Gasteiger partial charge in [0, 0.05) is 13.5 Å². The third kappa shape index (κ3) is 4.46. The predicted octanol–water partition coefficient (Wildman–Crippen LogP) is 1.45. The number of hydrogen-bond acceptors (Lipinski definition) is 4. The van der Waals surface area contributed by atoms with Crippen LogP contribution in [-0.4, -0.2) is 29.6 Å². The van der Waals surface area contributed by atoms with Gasteiger partial charge in [0.25, 0.3) is 5.91 Å². The van der Waals surface area contributed by atoms with Gasteiger partial charge >= 0.3 is 0 Å². The second-order valence-electron chi connectivity index (χ2n) is 4.37. The van der Waals surface area contributed by atoms with E-state index in [-0.39, 0.29) is 24.3 Å². The molecule has 0 aliphatic rings. The zero-order valence-corrected chi connectivity index (χ0v) is 11.5. The van der Waals surface area contributed by atoms with Gasteiger partial charge in [-0.25, -0.2) is 0 Å². The van der Waals surface area contributed by atoms with E-state index in [1.165, 1.54) is 18.3 Å². The van der Waals surface area contributed by atoms with E-state index in [0.29, 0.717) is 9.88 Å². The molecule has 100 valence electrons. The van der Waals surface area contributed by atoms with Crippen LogP contribution < -0.4 is 10.6 Å². The lowest BCUT2D eigenvalue weighted by atomic mass is 10.1. The van der Waals surface area contributed by atoms with Crippen LogP contribution in [0.15, 0.2) is 12.1 Å². The van der Waals surface area contributed by atoms with Crippen molar-refractivity contribution < 1.29 is 14.7 Å². The highest BCUT2D eigenvalue weighted by atomic mass is 32.1. The molecule has 18 heavy (non-hydrogen) atoms. The van der Waals surface area contributed by atoms with Gasteiger partial charge in [-0.2, -0.15) is 0 Å². The predicted molar refractivity (Wildman–Crippen MR) is 71.8 cm³/mol. The number of carbonyl (C=O) groups is 2. The lowest BCUT2D eigenvalue weighted by molar-refractivity contribution is -0.114. The first-order valence-corrected chi connectivity index (χ1v) is 6.55. The van der Waals surface area contributed by atoms with Gasteiger partial charge in [-0.1, -0.05) is 13.8 Å². The van der Waals surface area contributed by atoms with Crippen LogP contribution in [0.3, 0.4) is 0 Å². The van der Waals surface area contributed by atoms with Crippen molar-refractivity contribution in [1.29, 1.82) is 0 Å². The minimum atomic E-state index is -0.552. The molecule has 5 nitrogen and oxygen atoms in total. The molecule has 0 bridgehead atoms. The largest absolute Gasteiger partial charge is 0.391 e. The Morgan fingerprint density at radius 3 is 2.61 bits per heavy atom. The quantitative estimate of drug-likeness (QED) is 0.758. The Kier molecular flexibility index (Phi) is 5.30. The standard InChI is InChI=1S/C12H18N2O3S/c1-7(2)9(16)6-13-12(17)10-4-5-11(18-10)14-8(3)15/h4-5,7,9,16H,6H2,1-3H3,(H,13,17)(H,14,15). The summed E-state index contributed by atoms with van der Waals surface area (Å²) in [7, 11) is 0. The number of nitrogens with one attached hydrogen (secondary N) is 2. The highest BCUT2D eigenvalue weighted by Crippen LogP contribution is 2.21. The van der Waals surface area contributed by atoms with Crippen molar-refractivity contribution in [2.75, 3.05) is 11.9 Å². The molecule has 0 fully saturated rings. The van der Waals surface area contributed by atoms with Gasteiger partial charge in [-0.15, -0.1) is 11.3 Å². The van der Waals surface area contributed by atoms with Crippen molar-refractivity contribution in [2.24, 2.45) is 5.92 Å². The third-order valence-electron chi connectivity index (χ3n) is 2.37. The highest BCUT2D eigenvalue weighted by Gasteiger charge is 2.13. The molecule has 0 aliphatic heterocycles. The van der Waals surface area contributed by atoms with Crippen LogP contribution in [0.2, 0.25) is 0 Å². The fraction of sp³-hybridized carbons (Fsp3) is 0.500. The van der Waals surface area contributed by atoms with E-state index in [9.17, 15) is 14.7 Å². The molecule has 2 amide bonds. The van der Waals surface area contributed by atoms with Crippen molar-refractivity contribution in [3.05, 3.63) is 17.0 Å². The van der Waals surface area contributed by atoms with Crippen LogP contribution in [0.25, 0.3) is 0 Å². The first-order chi connectivity index (χ1) is 8.40. The summed E-state index contributed by atoms with van der Waals surface area (Å²) in [6.45, 7) is 5.41. The van der Waals surface area contributed by atoms with Crippen LogP contribution in [0, 0.1) is 5.92 Å². The summed E-state index contributed by atoms with van der Waals surface area (Å²) in [5.74, 6) is -0.307. The fourth-order valence-electron chi connectivity index (χ4n) is 1.22. The summed E-state index contributed by atoms with van der Waals surface area (Å²) >= 11 is 1.20. The number of anilines is 1. The van der Waals surface area contributed by atoms with Crippen LogP contribution >= 0.6 is 11.3 Å². The first-order valence-electron chi connectivity index (χ1n) is 5.74. The summed E-state index contributed by atoms with van der Waals surface area (Å²) in [6, 6.07) is 3.33. The van der Waals surface area contributed by atoms with Crippen LogP contribution in [0.1, 0.15) is 30.4 Å². The Morgan fingerprint density at radius 1 is 1.39 bits per heavy atom. The molecule has 6 heteroatoms. The molecule has 3 N–H and O–H groups in total. The van der Waals surface area contributed by atoms with E-state index in [4.69, 9.17) is 0 Å². The van der Waals surface area contributed by atoms with Gasteiger partial charge < -0.3 is 15.7 Å². The normalized spacial score (nSPS) is 12.3. The van der Waals surface area contributed by atoms with Gasteiger partial charge in [0.15, 0.2) is 0 Å². The van der Waals surface area contributed by atoms with E-state index in [2.05, 4.69) is 10.6 Å². The second-order valence-corrected chi connectivity index (χ2v) is 5.45. The summed E-state index contributed by atoms with van der Waals surface area (Å²) in [4.78, 5) is 23.1. The molecule has 1 unspecified atom stereocenters. The number of carbonyl (C=O) groups excluding carboxylic acids is 2. The van der Waals surface area contributed by atoms with E-state index >= 15 is 0 Å². The maximum atomic E-state index is 11.7. The van der Waals surface area contributed by atoms with E-state index in [1.807, 2.05) is 13.8 Å². The molecule has 0 radical (unpaired) electrons. The average molecular weight is 270 g/mol. The average Bonchev–Trinajstić information content (AvgIpc) is 2.72. The summed E-state index contributed by atoms with van der Waals surface area (Å²) in [6.07, 6.45) is -0.552. The third-order valence-corrected chi connectivity index (χ3v) is 3.37. The van der Waals surface area contributed by atoms with E-state index in [1.54, 1.807) is 12.1 Å². The molecule has 0 saturated carbocycles. The number of aliphatic hydroxyl groups is 1. The van der Waals surface area contributed by atoms with Crippen molar-refractivity contribution >= 4 is 28.2 Å². The molecule has 0 aliphatic carbocycles. The highest BCUT2D eigenvalue weighted by molar-refractivity contribution is 7.18. The molecular weight excluding hydrogens is 252 g/mol. The Hall–Kier alpha value is -1.40. The molecule has 1 rings (SSSR count). The van der Waals surface area contributed by atoms with Crippen molar-refractivity contribution in [3.8, 4) is 0 Å². The fourth-order valence-corrected chi connectivity index (χ4v) is 2.09. The minimum Gasteiger partial charge on any atom is -0.391 e. The number of amides is 2. The Labute approximate surface area is 110 Å². The van der Waals surface area contributed by atoms with Crippen molar-refractivity contribution in [3.63, 3.8) is 0 Å². The molecule has 1 atom stereocenters. The molecule has 1 aromatic rings. The van der Waals surface area contributed by atoms with Gasteiger partial charge in [0.05, 0.1) is 16.0 Å². The van der Waals surface area contributed by atoms with Gasteiger partial charge in [0.2, 0.25) is 5.91 Å². The monoisotopic (exact) mass is 270 g/mol. The first kappa shape index (κ1) is 14.7. The molecule has 1 heterocycles. The maximum Gasteiger partial charge on any atom is 0.261 e. The van der Waals surface area contributed by atoms with Crippen LogP contribution in [-0.2, 0) is 4.79 Å². The lowest BCUT2D eigenvalue weighted by Crippen LogP contribution is -2.34. The lowest BCUT2D eigenvalue weighted by Gasteiger charge is -2.14. The second kappa shape index (κ2) is 6.51. The van der Waals surface area contributed by atoms with Gasteiger partial charge in [0.1, 0.15) is 0 Å². The Bertz CT molecular complexity index is 429. The van der Waals surface area contributed by atoms with Gasteiger partial charge in [-0.05, 0) is 18.1 Å². The molecule has 0 aromatic carbocycles. The molecule has 0 saturated heterocycles. The van der Waals surface area contributed by atoms with Crippen molar-refractivity contribution in [1.82, 2.24) is 5.32 Å². The molecule has 0 spiro atoms. The Morgan fingerprint density at radius 2 is 2.06 bits per heavy atom. The summed E-state index contributed by atoms with van der Waals surface area (Å²) in [5.41, 5.74) is 0. The minimum absolute atomic E-state index is 0.101. The number of rotatable bonds is 5.